The summed E-state index contributed by atoms with van der Waals surface area (Å²) in [6.07, 6.45) is 0.856. The second-order valence-electron chi connectivity index (χ2n) is 4.66. The summed E-state index contributed by atoms with van der Waals surface area (Å²) in [5.41, 5.74) is 2.30. The van der Waals surface area contributed by atoms with Crippen molar-refractivity contribution in [2.75, 3.05) is 0 Å². The number of imidazole rings is 1. The molecule has 0 fully saturated rings. The number of aryl methyl sites for hydroxylation is 3. The molecule has 2 nitrogen and oxygen atoms in total. The molecule has 0 saturated carbocycles. The largest absolute Gasteiger partial charge is 0.330 e. The highest BCUT2D eigenvalue weighted by molar-refractivity contribution is 7.71. The first-order valence-electron chi connectivity index (χ1n) is 6.17. The third-order valence-corrected chi connectivity index (χ3v) is 4.88. The molecule has 0 atom stereocenters. The van der Waals surface area contributed by atoms with Crippen molar-refractivity contribution in [1.82, 2.24) is 9.55 Å². The lowest BCUT2D eigenvalue weighted by Gasteiger charge is -2.04. The summed E-state index contributed by atoms with van der Waals surface area (Å²) < 4.78 is 17.0. The number of halogens is 2. The molecule has 1 aromatic carbocycles. The van der Waals surface area contributed by atoms with Crippen LogP contribution in [0.4, 0.5) is 4.39 Å². The Labute approximate surface area is 129 Å². The van der Waals surface area contributed by atoms with Gasteiger partial charge in [0.2, 0.25) is 0 Å². The predicted molar refractivity (Wildman–Crippen MR) is 84.9 cm³/mol. The van der Waals surface area contributed by atoms with E-state index in [2.05, 4.69) is 4.98 Å². The van der Waals surface area contributed by atoms with Crippen molar-refractivity contribution in [1.29, 1.82) is 0 Å². The number of nitrogens with one attached hydrogen (secondary N) is 1. The van der Waals surface area contributed by atoms with Gasteiger partial charge in [0, 0.05) is 11.4 Å². The summed E-state index contributed by atoms with van der Waals surface area (Å²) in [6, 6.07) is 7.25. The van der Waals surface area contributed by atoms with Crippen LogP contribution in [-0.2, 0) is 13.0 Å². The molecule has 0 aliphatic rings. The van der Waals surface area contributed by atoms with Gasteiger partial charge in [-0.3, -0.25) is 0 Å². The van der Waals surface area contributed by atoms with Crippen LogP contribution < -0.4 is 0 Å². The molecule has 104 valence electrons. The van der Waals surface area contributed by atoms with Crippen LogP contribution in [-0.4, -0.2) is 9.55 Å². The second-order valence-corrected chi connectivity index (χ2v) is 6.84. The first-order valence-corrected chi connectivity index (χ1v) is 7.78. The third kappa shape index (κ3) is 2.53. The summed E-state index contributed by atoms with van der Waals surface area (Å²) >= 11 is 12.8. The lowest BCUT2D eigenvalue weighted by atomic mass is 10.2. The predicted octanol–water partition coefficient (Wildman–Crippen LogP) is 5.10. The maximum absolute atomic E-state index is 13.6. The van der Waals surface area contributed by atoms with Crippen molar-refractivity contribution >= 4 is 46.2 Å². The van der Waals surface area contributed by atoms with Crippen molar-refractivity contribution in [3.05, 3.63) is 49.6 Å². The molecule has 0 aliphatic carbocycles. The average molecular weight is 327 g/mol. The monoisotopic (exact) mass is 326 g/mol. The average Bonchev–Trinajstić information content (AvgIpc) is 2.92. The fourth-order valence-corrected chi connectivity index (χ4v) is 3.59. The smallest absolute Gasteiger partial charge is 0.178 e. The molecule has 0 spiro atoms. The number of benzene rings is 1. The van der Waals surface area contributed by atoms with Gasteiger partial charge in [-0.25, -0.2) is 4.39 Å². The van der Waals surface area contributed by atoms with E-state index in [0.29, 0.717) is 10.3 Å². The normalized spacial score (nSPS) is 11.3. The zero-order valence-corrected chi connectivity index (χ0v) is 13.1. The zero-order chi connectivity index (χ0) is 14.3. The second kappa shape index (κ2) is 5.31. The molecule has 3 aromatic rings. The summed E-state index contributed by atoms with van der Waals surface area (Å²) in [5, 5.41) is 0. The highest BCUT2D eigenvalue weighted by atomic mass is 35.5. The van der Waals surface area contributed by atoms with Gasteiger partial charge in [-0.2, -0.15) is 0 Å². The Morgan fingerprint density at radius 2 is 2.20 bits per heavy atom. The number of aromatic amines is 1. The van der Waals surface area contributed by atoms with Gasteiger partial charge in [-0.15, -0.1) is 11.3 Å². The van der Waals surface area contributed by atoms with Crippen LogP contribution in [0.3, 0.4) is 0 Å². The Balaban J connectivity index is 1.96. The summed E-state index contributed by atoms with van der Waals surface area (Å²) in [7, 11) is 0. The van der Waals surface area contributed by atoms with E-state index in [-0.39, 0.29) is 5.82 Å². The molecule has 3 rings (SSSR count). The molecule has 2 heterocycles. The topological polar surface area (TPSA) is 20.7 Å². The number of nitrogens with zero attached hydrogens (tertiary/aromatic N) is 1. The fourth-order valence-electron chi connectivity index (χ4n) is 2.21. The molecule has 6 heteroatoms. The number of fused-ring (bicyclic) bond motifs is 1. The number of hydrogen-bond donors (Lipinski definition) is 1. The summed E-state index contributed by atoms with van der Waals surface area (Å²) in [6.45, 7) is 2.51. The quantitative estimate of drug-likeness (QED) is 0.664. The van der Waals surface area contributed by atoms with E-state index < -0.39 is 0 Å². The molecule has 2 aromatic heterocycles. The lowest BCUT2D eigenvalue weighted by Crippen LogP contribution is -2.00. The van der Waals surface area contributed by atoms with E-state index in [1.54, 1.807) is 18.3 Å². The Bertz CT molecular complexity index is 831. The van der Waals surface area contributed by atoms with E-state index in [0.717, 1.165) is 28.3 Å². The van der Waals surface area contributed by atoms with Crippen LogP contribution in [0.2, 0.25) is 4.34 Å². The van der Waals surface area contributed by atoms with Gasteiger partial charge in [0.1, 0.15) is 5.82 Å². The zero-order valence-electron chi connectivity index (χ0n) is 10.7. The van der Waals surface area contributed by atoms with Crippen molar-refractivity contribution in [3.63, 3.8) is 0 Å². The first-order chi connectivity index (χ1) is 9.54. The molecule has 0 amide bonds. The van der Waals surface area contributed by atoms with Gasteiger partial charge in [-0.05, 0) is 55.4 Å². The van der Waals surface area contributed by atoms with Gasteiger partial charge in [-0.1, -0.05) is 11.6 Å². The summed E-state index contributed by atoms with van der Waals surface area (Å²) in [5.74, 6) is -0.217. The Kier molecular flexibility index (Phi) is 3.67. The Hall–Kier alpha value is -1.17. The van der Waals surface area contributed by atoms with Gasteiger partial charge in [0.15, 0.2) is 4.77 Å². The maximum atomic E-state index is 13.6. The Morgan fingerprint density at radius 1 is 1.40 bits per heavy atom. The highest BCUT2D eigenvalue weighted by Crippen LogP contribution is 2.23. The van der Waals surface area contributed by atoms with Crippen LogP contribution in [0.15, 0.2) is 24.3 Å². The van der Waals surface area contributed by atoms with E-state index >= 15 is 0 Å². The van der Waals surface area contributed by atoms with Crippen LogP contribution in [0.25, 0.3) is 11.0 Å². The van der Waals surface area contributed by atoms with Gasteiger partial charge in [0.25, 0.3) is 0 Å². The SMILES string of the molecule is Cc1cc2c(cc1F)[nH]c(=S)n2CCc1ccc(Cl)s1. The standard InChI is InChI=1S/C14H12ClFN2S2/c1-8-6-12-11(7-10(8)16)17-14(19)18(12)5-4-9-2-3-13(15)20-9/h2-3,6-7H,4-5H2,1H3,(H,17,19). The number of thiophene rings is 1. The molecule has 1 N–H and O–H groups in total. The highest BCUT2D eigenvalue weighted by Gasteiger charge is 2.08. The number of aromatic nitrogens is 2. The molecule has 0 bridgehead atoms. The minimum atomic E-state index is -0.217. The van der Waals surface area contributed by atoms with Crippen LogP contribution in [0.1, 0.15) is 10.4 Å². The molecule has 0 unspecified atom stereocenters. The molecular weight excluding hydrogens is 315 g/mol. The van der Waals surface area contributed by atoms with Gasteiger partial charge < -0.3 is 9.55 Å². The van der Waals surface area contributed by atoms with Crippen molar-refractivity contribution in [3.8, 4) is 0 Å². The third-order valence-electron chi connectivity index (χ3n) is 3.27. The number of H-pyrrole nitrogens is 1. The van der Waals surface area contributed by atoms with Crippen LogP contribution in [0, 0.1) is 17.5 Å². The molecular formula is C14H12ClFN2S2. The van der Waals surface area contributed by atoms with E-state index in [4.69, 9.17) is 23.8 Å². The minimum absolute atomic E-state index is 0.217. The van der Waals surface area contributed by atoms with Gasteiger partial charge in [0.05, 0.1) is 15.4 Å². The Morgan fingerprint density at radius 3 is 2.90 bits per heavy atom. The van der Waals surface area contributed by atoms with Crippen LogP contribution >= 0.6 is 35.2 Å². The maximum Gasteiger partial charge on any atom is 0.178 e. The molecule has 0 saturated heterocycles. The molecule has 0 aliphatic heterocycles. The number of rotatable bonds is 3. The van der Waals surface area contributed by atoms with Crippen LogP contribution in [0.5, 0.6) is 0 Å². The summed E-state index contributed by atoms with van der Waals surface area (Å²) in [4.78, 5) is 4.26. The molecule has 0 radical (unpaired) electrons. The van der Waals surface area contributed by atoms with Crippen molar-refractivity contribution in [2.45, 2.75) is 19.9 Å². The first kappa shape index (κ1) is 13.8. The van der Waals surface area contributed by atoms with Crippen molar-refractivity contribution in [2.24, 2.45) is 0 Å². The van der Waals surface area contributed by atoms with Gasteiger partial charge >= 0.3 is 0 Å². The van der Waals surface area contributed by atoms with E-state index in [1.165, 1.54) is 10.9 Å². The fraction of sp³-hybridized carbons (Fsp3) is 0.214. The number of hydrogen-bond acceptors (Lipinski definition) is 2. The molecule has 20 heavy (non-hydrogen) atoms. The lowest BCUT2D eigenvalue weighted by molar-refractivity contribution is 0.620. The van der Waals surface area contributed by atoms with E-state index in [9.17, 15) is 4.39 Å². The van der Waals surface area contributed by atoms with E-state index in [1.807, 2.05) is 22.8 Å². The minimum Gasteiger partial charge on any atom is -0.330 e. The van der Waals surface area contributed by atoms with Crippen molar-refractivity contribution < 1.29 is 4.39 Å².